The van der Waals surface area contributed by atoms with E-state index in [2.05, 4.69) is 5.32 Å². The molecule has 2 unspecified atom stereocenters. The van der Waals surface area contributed by atoms with Gasteiger partial charge in [0, 0.05) is 7.11 Å². The van der Waals surface area contributed by atoms with E-state index in [1.54, 1.807) is 32.4 Å². The topological polar surface area (TPSA) is 77.5 Å². The smallest absolute Gasteiger partial charge is 0.237 e. The molecular formula is C10H16N2O3. The molecule has 15 heavy (non-hydrogen) atoms. The molecule has 0 spiro atoms. The molecule has 0 fully saturated rings. The molecule has 1 aromatic heterocycles. The maximum atomic E-state index is 11.4. The summed E-state index contributed by atoms with van der Waals surface area (Å²) in [6.45, 7) is 1.98. The fourth-order valence-corrected chi connectivity index (χ4v) is 1.15. The van der Waals surface area contributed by atoms with E-state index in [9.17, 15) is 4.79 Å². The van der Waals surface area contributed by atoms with Crippen LogP contribution in [-0.4, -0.2) is 25.7 Å². The lowest BCUT2D eigenvalue weighted by Gasteiger charge is -2.16. The molecule has 84 valence electrons. The first-order valence-electron chi connectivity index (χ1n) is 4.73. The molecule has 1 aromatic rings. The summed E-state index contributed by atoms with van der Waals surface area (Å²) >= 11 is 0. The van der Waals surface area contributed by atoms with Gasteiger partial charge in [-0.15, -0.1) is 0 Å². The van der Waals surface area contributed by atoms with E-state index in [0.29, 0.717) is 12.4 Å². The Labute approximate surface area is 88.6 Å². The van der Waals surface area contributed by atoms with Crippen LogP contribution in [0.5, 0.6) is 0 Å². The van der Waals surface area contributed by atoms with E-state index in [4.69, 9.17) is 14.9 Å². The van der Waals surface area contributed by atoms with Crippen LogP contribution in [-0.2, 0) is 9.53 Å². The Hall–Kier alpha value is -1.33. The Bertz CT molecular complexity index is 296. The van der Waals surface area contributed by atoms with Crippen LogP contribution in [0.1, 0.15) is 18.7 Å². The number of carbonyl (C=O) groups excluding carboxylic acids is 1. The Balaban J connectivity index is 2.63. The molecule has 0 bridgehead atoms. The highest BCUT2D eigenvalue weighted by atomic mass is 16.5. The molecule has 0 aliphatic rings. The van der Waals surface area contributed by atoms with Crippen molar-refractivity contribution >= 4 is 5.91 Å². The van der Waals surface area contributed by atoms with Crippen LogP contribution in [0.25, 0.3) is 0 Å². The highest BCUT2D eigenvalue weighted by molar-refractivity contribution is 5.81. The standard InChI is InChI=1S/C10H16N2O3/c1-7(11)10(13)12-8(6-14-2)9-4-3-5-15-9/h3-5,7-8H,6,11H2,1-2H3,(H,12,13). The van der Waals surface area contributed by atoms with Gasteiger partial charge in [-0.1, -0.05) is 0 Å². The lowest BCUT2D eigenvalue weighted by Crippen LogP contribution is -2.41. The van der Waals surface area contributed by atoms with Gasteiger partial charge in [-0.3, -0.25) is 4.79 Å². The van der Waals surface area contributed by atoms with Crippen LogP contribution < -0.4 is 11.1 Å². The van der Waals surface area contributed by atoms with Gasteiger partial charge in [0.2, 0.25) is 5.91 Å². The predicted octanol–water partition coefficient (Wildman–Crippen LogP) is 0.431. The number of amides is 1. The molecule has 5 nitrogen and oxygen atoms in total. The van der Waals surface area contributed by atoms with Crippen LogP contribution in [0, 0.1) is 0 Å². The summed E-state index contributed by atoms with van der Waals surface area (Å²) < 4.78 is 10.2. The second-order valence-electron chi connectivity index (χ2n) is 3.32. The minimum atomic E-state index is -0.542. The number of methoxy groups -OCH3 is 1. The summed E-state index contributed by atoms with van der Waals surface area (Å²) in [5.41, 5.74) is 5.45. The molecule has 0 saturated carbocycles. The Morgan fingerprint density at radius 3 is 2.93 bits per heavy atom. The van der Waals surface area contributed by atoms with Crippen LogP contribution in [0.2, 0.25) is 0 Å². The Kier molecular flexibility index (Phi) is 4.33. The summed E-state index contributed by atoms with van der Waals surface area (Å²) in [5, 5.41) is 2.74. The van der Waals surface area contributed by atoms with Crippen molar-refractivity contribution in [3.63, 3.8) is 0 Å². The van der Waals surface area contributed by atoms with Crippen molar-refractivity contribution in [2.24, 2.45) is 5.73 Å². The predicted molar refractivity (Wildman–Crippen MR) is 55.1 cm³/mol. The minimum absolute atomic E-state index is 0.228. The van der Waals surface area contributed by atoms with Gasteiger partial charge >= 0.3 is 0 Å². The number of carbonyl (C=O) groups is 1. The second-order valence-corrected chi connectivity index (χ2v) is 3.32. The number of ether oxygens (including phenoxy) is 1. The summed E-state index contributed by atoms with van der Waals surface area (Å²) in [5.74, 6) is 0.430. The molecule has 0 aliphatic heterocycles. The average Bonchev–Trinajstić information content (AvgIpc) is 2.69. The van der Waals surface area contributed by atoms with Crippen molar-refractivity contribution in [3.8, 4) is 0 Å². The first kappa shape index (κ1) is 11.7. The van der Waals surface area contributed by atoms with Gasteiger partial charge in [-0.25, -0.2) is 0 Å². The van der Waals surface area contributed by atoms with Crippen LogP contribution in [0.3, 0.4) is 0 Å². The lowest BCUT2D eigenvalue weighted by molar-refractivity contribution is -0.123. The van der Waals surface area contributed by atoms with E-state index in [-0.39, 0.29) is 11.9 Å². The van der Waals surface area contributed by atoms with Crippen LogP contribution in [0.15, 0.2) is 22.8 Å². The average molecular weight is 212 g/mol. The summed E-state index contributed by atoms with van der Waals surface area (Å²) in [6.07, 6.45) is 1.55. The normalized spacial score (nSPS) is 14.6. The molecule has 1 amide bonds. The zero-order valence-electron chi connectivity index (χ0n) is 8.90. The maximum Gasteiger partial charge on any atom is 0.237 e. The summed E-state index contributed by atoms with van der Waals surface area (Å²) in [7, 11) is 1.56. The fourth-order valence-electron chi connectivity index (χ4n) is 1.15. The third-order valence-electron chi connectivity index (χ3n) is 1.95. The zero-order valence-corrected chi connectivity index (χ0v) is 8.90. The first-order valence-corrected chi connectivity index (χ1v) is 4.73. The number of hydrogen-bond acceptors (Lipinski definition) is 4. The molecule has 2 atom stereocenters. The largest absolute Gasteiger partial charge is 0.467 e. The van der Waals surface area contributed by atoms with Crippen LogP contribution in [0.4, 0.5) is 0 Å². The van der Waals surface area contributed by atoms with Gasteiger partial charge in [-0.2, -0.15) is 0 Å². The van der Waals surface area contributed by atoms with E-state index in [1.807, 2.05) is 0 Å². The quantitative estimate of drug-likeness (QED) is 0.742. The van der Waals surface area contributed by atoms with Crippen molar-refractivity contribution in [2.45, 2.75) is 19.0 Å². The number of furan rings is 1. The number of nitrogens with one attached hydrogen (secondary N) is 1. The van der Waals surface area contributed by atoms with Crippen molar-refractivity contribution in [2.75, 3.05) is 13.7 Å². The van der Waals surface area contributed by atoms with Crippen molar-refractivity contribution < 1.29 is 13.9 Å². The fraction of sp³-hybridized carbons (Fsp3) is 0.500. The summed E-state index contributed by atoms with van der Waals surface area (Å²) in [4.78, 5) is 11.4. The highest BCUT2D eigenvalue weighted by Gasteiger charge is 2.18. The zero-order chi connectivity index (χ0) is 11.3. The van der Waals surface area contributed by atoms with Crippen LogP contribution >= 0.6 is 0 Å². The van der Waals surface area contributed by atoms with Gasteiger partial charge in [0.15, 0.2) is 0 Å². The first-order chi connectivity index (χ1) is 7.15. The van der Waals surface area contributed by atoms with E-state index in [1.165, 1.54) is 0 Å². The lowest BCUT2D eigenvalue weighted by atomic mass is 10.2. The van der Waals surface area contributed by atoms with Gasteiger partial charge < -0.3 is 20.2 Å². The minimum Gasteiger partial charge on any atom is -0.467 e. The van der Waals surface area contributed by atoms with E-state index in [0.717, 1.165) is 0 Å². The van der Waals surface area contributed by atoms with Gasteiger partial charge in [-0.05, 0) is 19.1 Å². The maximum absolute atomic E-state index is 11.4. The van der Waals surface area contributed by atoms with E-state index >= 15 is 0 Å². The molecule has 1 heterocycles. The van der Waals surface area contributed by atoms with Gasteiger partial charge in [0.05, 0.1) is 18.9 Å². The summed E-state index contributed by atoms with van der Waals surface area (Å²) in [6, 6.07) is 2.71. The SMILES string of the molecule is COCC(NC(=O)C(C)N)c1ccco1. The van der Waals surface area contributed by atoms with Crippen molar-refractivity contribution in [1.82, 2.24) is 5.32 Å². The van der Waals surface area contributed by atoms with Gasteiger partial charge in [0.1, 0.15) is 11.8 Å². The third-order valence-corrected chi connectivity index (χ3v) is 1.95. The molecule has 3 N–H and O–H groups in total. The van der Waals surface area contributed by atoms with Gasteiger partial charge in [0.25, 0.3) is 0 Å². The molecule has 0 saturated heterocycles. The molecule has 0 aliphatic carbocycles. The number of hydrogen-bond donors (Lipinski definition) is 2. The molecule has 0 radical (unpaired) electrons. The Morgan fingerprint density at radius 1 is 1.73 bits per heavy atom. The highest BCUT2D eigenvalue weighted by Crippen LogP contribution is 2.13. The molecule has 1 rings (SSSR count). The third kappa shape index (κ3) is 3.38. The molecule has 0 aromatic carbocycles. The second kappa shape index (κ2) is 5.53. The molecule has 5 heteroatoms. The number of nitrogens with two attached hydrogens (primary N) is 1. The van der Waals surface area contributed by atoms with Crippen molar-refractivity contribution in [3.05, 3.63) is 24.2 Å². The number of rotatable bonds is 5. The van der Waals surface area contributed by atoms with Crippen molar-refractivity contribution in [1.29, 1.82) is 0 Å². The monoisotopic (exact) mass is 212 g/mol. The molecular weight excluding hydrogens is 196 g/mol. The Morgan fingerprint density at radius 2 is 2.47 bits per heavy atom. The van der Waals surface area contributed by atoms with E-state index < -0.39 is 6.04 Å².